The van der Waals surface area contributed by atoms with E-state index in [-0.39, 0.29) is 10.6 Å². The van der Waals surface area contributed by atoms with Gasteiger partial charge in [0.15, 0.2) is 27.2 Å². The number of benzene rings is 1. The van der Waals surface area contributed by atoms with E-state index in [4.69, 9.17) is 14.2 Å². The van der Waals surface area contributed by atoms with Crippen LogP contribution in [0.25, 0.3) is 0 Å². The lowest BCUT2D eigenvalue weighted by Crippen LogP contribution is -2.36. The van der Waals surface area contributed by atoms with E-state index in [0.717, 1.165) is 38.0 Å². The van der Waals surface area contributed by atoms with Crippen molar-refractivity contribution in [1.29, 1.82) is 0 Å². The van der Waals surface area contributed by atoms with Crippen LogP contribution in [-0.4, -0.2) is 40.3 Å². The Morgan fingerprint density at radius 2 is 1.91 bits per heavy atom. The first-order valence-corrected chi connectivity index (χ1v) is 9.67. The second-order valence-corrected chi connectivity index (χ2v) is 8.24. The Labute approximate surface area is 135 Å². The van der Waals surface area contributed by atoms with E-state index < -0.39 is 21.4 Å². The minimum Gasteiger partial charge on any atom is -0.490 e. The average Bonchev–Trinajstić information content (AvgIpc) is 2.95. The molecule has 0 atom stereocenters. The Kier molecular flexibility index (Phi) is 4.62. The van der Waals surface area contributed by atoms with Gasteiger partial charge in [-0.15, -0.1) is 0 Å². The monoisotopic (exact) mass is 344 g/mol. The zero-order valence-electron chi connectivity index (χ0n) is 13.1. The third kappa shape index (κ3) is 3.84. The molecule has 23 heavy (non-hydrogen) atoms. The molecule has 5 nitrogen and oxygen atoms in total. The summed E-state index contributed by atoms with van der Waals surface area (Å²) in [4.78, 5) is -0.0440. The minimum atomic E-state index is -3.41. The van der Waals surface area contributed by atoms with E-state index in [1.807, 2.05) is 0 Å². The molecule has 1 spiro atoms. The molecule has 1 saturated carbocycles. The standard InChI is InChI=1S/C16H21FO5S/c1-23(18,19)13-2-3-15(14(17)10-13)20-11-12-4-6-16(7-5-12)21-8-9-22-16/h2-3,10,12H,4-9,11H2,1H3. The van der Waals surface area contributed by atoms with Crippen molar-refractivity contribution in [2.75, 3.05) is 26.1 Å². The van der Waals surface area contributed by atoms with Gasteiger partial charge in [-0.2, -0.15) is 0 Å². The molecule has 3 rings (SSSR count). The van der Waals surface area contributed by atoms with Crippen LogP contribution in [0.3, 0.4) is 0 Å². The van der Waals surface area contributed by atoms with Crippen molar-refractivity contribution in [1.82, 2.24) is 0 Å². The Morgan fingerprint density at radius 3 is 2.48 bits per heavy atom. The second kappa shape index (κ2) is 6.37. The maximum absolute atomic E-state index is 13.9. The van der Waals surface area contributed by atoms with Gasteiger partial charge in [0.05, 0.1) is 24.7 Å². The highest BCUT2D eigenvalue weighted by Gasteiger charge is 2.40. The van der Waals surface area contributed by atoms with Crippen molar-refractivity contribution in [2.45, 2.75) is 36.4 Å². The number of ether oxygens (including phenoxy) is 3. The van der Waals surface area contributed by atoms with E-state index in [1.54, 1.807) is 0 Å². The van der Waals surface area contributed by atoms with E-state index >= 15 is 0 Å². The van der Waals surface area contributed by atoms with E-state index in [9.17, 15) is 12.8 Å². The van der Waals surface area contributed by atoms with Crippen LogP contribution >= 0.6 is 0 Å². The number of hydrogen-bond acceptors (Lipinski definition) is 5. The van der Waals surface area contributed by atoms with Crippen LogP contribution in [0.1, 0.15) is 25.7 Å². The number of hydrogen-bond donors (Lipinski definition) is 0. The molecule has 0 bridgehead atoms. The van der Waals surface area contributed by atoms with Crippen LogP contribution in [0.5, 0.6) is 5.75 Å². The Hall–Kier alpha value is -1.18. The molecular formula is C16H21FO5S. The third-order valence-electron chi connectivity index (χ3n) is 4.49. The molecule has 1 heterocycles. The van der Waals surface area contributed by atoms with Gasteiger partial charge in [0, 0.05) is 19.1 Å². The van der Waals surface area contributed by atoms with Gasteiger partial charge >= 0.3 is 0 Å². The summed E-state index contributed by atoms with van der Waals surface area (Å²) in [5, 5.41) is 0. The van der Waals surface area contributed by atoms with E-state index in [0.29, 0.717) is 25.7 Å². The zero-order valence-corrected chi connectivity index (χ0v) is 13.9. The summed E-state index contributed by atoms with van der Waals surface area (Å²) in [5.41, 5.74) is 0. The molecule has 0 unspecified atom stereocenters. The zero-order chi connectivity index (χ0) is 16.5. The Balaban J connectivity index is 1.55. The lowest BCUT2D eigenvalue weighted by atomic mass is 9.85. The van der Waals surface area contributed by atoms with Crippen molar-refractivity contribution in [2.24, 2.45) is 5.92 Å². The lowest BCUT2D eigenvalue weighted by molar-refractivity contribution is -0.183. The first-order chi connectivity index (χ1) is 10.9. The van der Waals surface area contributed by atoms with Gasteiger partial charge in [0.25, 0.3) is 0 Å². The molecule has 2 aliphatic rings. The molecule has 0 amide bonds. The van der Waals surface area contributed by atoms with Gasteiger partial charge in [-0.25, -0.2) is 12.8 Å². The summed E-state index contributed by atoms with van der Waals surface area (Å²) < 4.78 is 53.6. The molecular weight excluding hydrogens is 323 g/mol. The number of rotatable bonds is 4. The van der Waals surface area contributed by atoms with Crippen LogP contribution in [0, 0.1) is 11.7 Å². The van der Waals surface area contributed by atoms with Crippen LogP contribution < -0.4 is 4.74 Å². The smallest absolute Gasteiger partial charge is 0.175 e. The van der Waals surface area contributed by atoms with Crippen LogP contribution in [0.4, 0.5) is 4.39 Å². The summed E-state index contributed by atoms with van der Waals surface area (Å²) in [7, 11) is -3.41. The predicted octanol–water partition coefficient (Wildman–Crippen LogP) is 2.54. The molecule has 0 radical (unpaired) electrons. The number of sulfone groups is 1. The molecule has 7 heteroatoms. The SMILES string of the molecule is CS(=O)(=O)c1ccc(OCC2CCC3(CC2)OCCO3)c(F)c1. The molecule has 0 N–H and O–H groups in total. The molecule has 1 aliphatic heterocycles. The van der Waals surface area contributed by atoms with E-state index in [2.05, 4.69) is 0 Å². The van der Waals surface area contributed by atoms with E-state index in [1.165, 1.54) is 12.1 Å². The number of halogens is 1. The summed E-state index contributed by atoms with van der Waals surface area (Å²) in [6.45, 7) is 1.71. The molecule has 1 aromatic carbocycles. The largest absolute Gasteiger partial charge is 0.490 e. The third-order valence-corrected chi connectivity index (χ3v) is 5.60. The topological polar surface area (TPSA) is 61.8 Å². The Bertz CT molecular complexity index is 657. The second-order valence-electron chi connectivity index (χ2n) is 6.23. The first-order valence-electron chi connectivity index (χ1n) is 7.78. The van der Waals surface area contributed by atoms with Crippen LogP contribution in [0.15, 0.2) is 23.1 Å². The van der Waals surface area contributed by atoms with Crippen LogP contribution in [-0.2, 0) is 19.3 Å². The first kappa shape index (κ1) is 16.7. The maximum atomic E-state index is 13.9. The highest BCUT2D eigenvalue weighted by molar-refractivity contribution is 7.90. The molecule has 128 valence electrons. The van der Waals surface area contributed by atoms with Crippen molar-refractivity contribution in [3.8, 4) is 5.75 Å². The fourth-order valence-electron chi connectivity index (χ4n) is 3.11. The predicted molar refractivity (Wildman–Crippen MR) is 81.6 cm³/mol. The van der Waals surface area contributed by atoms with Gasteiger partial charge < -0.3 is 14.2 Å². The molecule has 1 saturated heterocycles. The summed E-state index contributed by atoms with van der Waals surface area (Å²) in [5.74, 6) is -0.644. The van der Waals surface area contributed by atoms with Gasteiger partial charge in [-0.3, -0.25) is 0 Å². The fraction of sp³-hybridized carbons (Fsp3) is 0.625. The van der Waals surface area contributed by atoms with Gasteiger partial charge in [0.1, 0.15) is 0 Å². The van der Waals surface area contributed by atoms with Crippen LogP contribution in [0.2, 0.25) is 0 Å². The van der Waals surface area contributed by atoms with Crippen molar-refractivity contribution < 1.29 is 27.0 Å². The summed E-state index contributed by atoms with van der Waals surface area (Å²) >= 11 is 0. The fourth-order valence-corrected chi connectivity index (χ4v) is 3.74. The highest BCUT2D eigenvalue weighted by atomic mass is 32.2. The normalized spacial score (nSPS) is 21.7. The Morgan fingerprint density at radius 1 is 1.26 bits per heavy atom. The summed E-state index contributed by atoms with van der Waals surface area (Å²) in [6, 6.07) is 3.74. The summed E-state index contributed by atoms with van der Waals surface area (Å²) in [6.07, 6.45) is 4.52. The minimum absolute atomic E-state index is 0.0440. The highest BCUT2D eigenvalue weighted by Crippen LogP contribution is 2.38. The maximum Gasteiger partial charge on any atom is 0.175 e. The van der Waals surface area contributed by atoms with Gasteiger partial charge in [-0.1, -0.05) is 0 Å². The molecule has 0 aromatic heterocycles. The van der Waals surface area contributed by atoms with Gasteiger partial charge in [-0.05, 0) is 37.0 Å². The van der Waals surface area contributed by atoms with Crippen molar-refractivity contribution in [3.63, 3.8) is 0 Å². The lowest BCUT2D eigenvalue weighted by Gasteiger charge is -2.35. The molecule has 1 aliphatic carbocycles. The molecule has 2 fully saturated rings. The quantitative estimate of drug-likeness (QED) is 0.840. The molecule has 1 aromatic rings. The average molecular weight is 344 g/mol. The van der Waals surface area contributed by atoms with Crippen molar-refractivity contribution >= 4 is 9.84 Å². The van der Waals surface area contributed by atoms with Crippen molar-refractivity contribution in [3.05, 3.63) is 24.0 Å². The van der Waals surface area contributed by atoms with Gasteiger partial charge in [0.2, 0.25) is 0 Å².